The van der Waals surface area contributed by atoms with Crippen LogP contribution in [0.25, 0.3) is 0 Å². The van der Waals surface area contributed by atoms with Crippen LogP contribution in [0.15, 0.2) is 18.2 Å². The van der Waals surface area contributed by atoms with Gasteiger partial charge < -0.3 is 14.4 Å². The number of likely N-dealkylation sites (tertiary alicyclic amines) is 1. The predicted octanol–water partition coefficient (Wildman–Crippen LogP) is 4.04. The lowest BCUT2D eigenvalue weighted by atomic mass is 9.93. The molecule has 0 aliphatic carbocycles. The van der Waals surface area contributed by atoms with Crippen molar-refractivity contribution in [3.63, 3.8) is 0 Å². The van der Waals surface area contributed by atoms with Gasteiger partial charge >= 0.3 is 6.09 Å². The first kappa shape index (κ1) is 18.1. The number of nitrogens with zero attached hydrogens (tertiary/aromatic N) is 2. The zero-order chi connectivity index (χ0) is 18.0. The van der Waals surface area contributed by atoms with E-state index in [1.165, 1.54) is 0 Å². The molecule has 0 unspecified atom stereocenters. The first-order chi connectivity index (χ1) is 11.1. The SMILES string of the molecule is Cc1cc(OC2(C)CCN(C(=O)OC(C)(C)C)CC2)ccc1C#N. The number of amides is 1. The van der Waals surface area contributed by atoms with Gasteiger partial charge in [0.25, 0.3) is 0 Å². The Hall–Kier alpha value is -2.22. The number of aryl methyl sites for hydroxylation is 1. The van der Waals surface area contributed by atoms with E-state index in [1.807, 2.05) is 39.8 Å². The number of ether oxygens (including phenoxy) is 2. The molecule has 0 spiro atoms. The third-order valence-corrected chi connectivity index (χ3v) is 4.16. The number of carbonyl (C=O) groups is 1. The number of hydrogen-bond donors (Lipinski definition) is 0. The molecule has 2 rings (SSSR count). The molecule has 1 fully saturated rings. The largest absolute Gasteiger partial charge is 0.487 e. The standard InChI is InChI=1S/C19H26N2O3/c1-14-12-16(7-6-15(14)13-20)23-19(5)8-10-21(11-9-19)17(22)24-18(2,3)4/h6-7,12H,8-11H2,1-5H3. The number of benzene rings is 1. The van der Waals surface area contributed by atoms with E-state index in [2.05, 4.69) is 13.0 Å². The second-order valence-corrected chi connectivity index (χ2v) is 7.61. The van der Waals surface area contributed by atoms with Crippen LogP contribution in [0.3, 0.4) is 0 Å². The minimum Gasteiger partial charge on any atom is -0.487 e. The fourth-order valence-electron chi connectivity index (χ4n) is 2.70. The Balaban J connectivity index is 1.96. The molecule has 5 heteroatoms. The molecular formula is C19H26N2O3. The minimum absolute atomic E-state index is 0.265. The van der Waals surface area contributed by atoms with Crippen LogP contribution in [0.5, 0.6) is 5.75 Å². The summed E-state index contributed by atoms with van der Waals surface area (Å²) in [6.45, 7) is 10.8. The molecule has 1 heterocycles. The molecule has 1 aliphatic rings. The van der Waals surface area contributed by atoms with Gasteiger partial charge in [0.15, 0.2) is 0 Å². The number of carbonyl (C=O) groups excluding carboxylic acids is 1. The van der Waals surface area contributed by atoms with Crippen LogP contribution in [0.4, 0.5) is 4.79 Å². The highest BCUT2D eigenvalue weighted by molar-refractivity contribution is 5.68. The van der Waals surface area contributed by atoms with Crippen LogP contribution in [-0.2, 0) is 4.74 Å². The van der Waals surface area contributed by atoms with E-state index >= 15 is 0 Å². The zero-order valence-corrected chi connectivity index (χ0v) is 15.2. The van der Waals surface area contributed by atoms with Gasteiger partial charge in [-0.3, -0.25) is 0 Å². The van der Waals surface area contributed by atoms with Gasteiger partial charge in [-0.15, -0.1) is 0 Å². The van der Waals surface area contributed by atoms with E-state index in [0.29, 0.717) is 18.7 Å². The van der Waals surface area contributed by atoms with Gasteiger partial charge in [-0.05, 0) is 58.4 Å². The van der Waals surface area contributed by atoms with Gasteiger partial charge in [0.1, 0.15) is 17.0 Å². The first-order valence-electron chi connectivity index (χ1n) is 8.30. The topological polar surface area (TPSA) is 62.6 Å². The maximum Gasteiger partial charge on any atom is 0.410 e. The molecule has 1 amide bonds. The maximum atomic E-state index is 12.1. The zero-order valence-electron chi connectivity index (χ0n) is 15.2. The summed E-state index contributed by atoms with van der Waals surface area (Å²) in [7, 11) is 0. The van der Waals surface area contributed by atoms with Gasteiger partial charge in [-0.25, -0.2) is 4.79 Å². The van der Waals surface area contributed by atoms with Gasteiger partial charge in [0.05, 0.1) is 11.6 Å². The third kappa shape index (κ3) is 4.64. The molecule has 0 aromatic heterocycles. The monoisotopic (exact) mass is 330 g/mol. The van der Waals surface area contributed by atoms with Crippen molar-refractivity contribution in [1.82, 2.24) is 4.90 Å². The molecule has 0 bridgehead atoms. The molecule has 1 saturated heterocycles. The van der Waals surface area contributed by atoms with E-state index in [0.717, 1.165) is 24.2 Å². The van der Waals surface area contributed by atoms with Crippen molar-refractivity contribution in [3.8, 4) is 11.8 Å². The van der Waals surface area contributed by atoms with Crippen LogP contribution >= 0.6 is 0 Å². The average molecular weight is 330 g/mol. The van der Waals surface area contributed by atoms with E-state index in [-0.39, 0.29) is 11.7 Å². The van der Waals surface area contributed by atoms with Crippen molar-refractivity contribution in [3.05, 3.63) is 29.3 Å². The summed E-state index contributed by atoms with van der Waals surface area (Å²) in [5.41, 5.74) is 0.769. The molecule has 0 N–H and O–H groups in total. The summed E-state index contributed by atoms with van der Waals surface area (Å²) in [5, 5.41) is 9.00. The number of piperidine rings is 1. The molecule has 1 aromatic rings. The number of nitriles is 1. The number of rotatable bonds is 2. The molecule has 5 nitrogen and oxygen atoms in total. The van der Waals surface area contributed by atoms with Crippen LogP contribution in [-0.4, -0.2) is 35.3 Å². The highest BCUT2D eigenvalue weighted by Gasteiger charge is 2.35. The quantitative estimate of drug-likeness (QED) is 0.821. The predicted molar refractivity (Wildman–Crippen MR) is 92.0 cm³/mol. The van der Waals surface area contributed by atoms with Crippen molar-refractivity contribution in [1.29, 1.82) is 5.26 Å². The fraction of sp³-hybridized carbons (Fsp3) is 0.579. The van der Waals surface area contributed by atoms with Crippen molar-refractivity contribution < 1.29 is 14.3 Å². The molecular weight excluding hydrogens is 304 g/mol. The summed E-state index contributed by atoms with van der Waals surface area (Å²) in [6, 6.07) is 7.66. The van der Waals surface area contributed by atoms with E-state index in [4.69, 9.17) is 14.7 Å². The summed E-state index contributed by atoms with van der Waals surface area (Å²) < 4.78 is 11.6. The molecule has 24 heavy (non-hydrogen) atoms. The highest BCUT2D eigenvalue weighted by atomic mass is 16.6. The fourth-order valence-corrected chi connectivity index (χ4v) is 2.70. The summed E-state index contributed by atoms with van der Waals surface area (Å²) in [5.74, 6) is 0.764. The Morgan fingerprint density at radius 2 is 1.92 bits per heavy atom. The normalized spacial score (nSPS) is 17.1. The lowest BCUT2D eigenvalue weighted by Crippen LogP contribution is -2.49. The summed E-state index contributed by atoms with van der Waals surface area (Å²) in [6.07, 6.45) is 1.22. The van der Waals surface area contributed by atoms with Gasteiger partial charge in [-0.1, -0.05) is 0 Å². The minimum atomic E-state index is -0.478. The molecule has 0 atom stereocenters. The first-order valence-corrected chi connectivity index (χ1v) is 8.30. The molecule has 1 aromatic carbocycles. The Bertz CT molecular complexity index is 648. The van der Waals surface area contributed by atoms with Crippen molar-refractivity contribution in [2.24, 2.45) is 0 Å². The average Bonchev–Trinajstić information content (AvgIpc) is 2.46. The smallest absolute Gasteiger partial charge is 0.410 e. The molecule has 0 radical (unpaired) electrons. The maximum absolute atomic E-state index is 12.1. The van der Waals surface area contributed by atoms with Crippen LogP contribution < -0.4 is 4.74 Å². The molecule has 0 saturated carbocycles. The van der Waals surface area contributed by atoms with Crippen LogP contribution in [0, 0.1) is 18.3 Å². The van der Waals surface area contributed by atoms with E-state index < -0.39 is 5.60 Å². The van der Waals surface area contributed by atoms with Crippen molar-refractivity contribution >= 4 is 6.09 Å². The Morgan fingerprint density at radius 3 is 2.42 bits per heavy atom. The highest BCUT2D eigenvalue weighted by Crippen LogP contribution is 2.30. The van der Waals surface area contributed by atoms with Crippen LogP contribution in [0.2, 0.25) is 0 Å². The number of hydrogen-bond acceptors (Lipinski definition) is 4. The molecule has 130 valence electrons. The lowest BCUT2D eigenvalue weighted by Gasteiger charge is -2.39. The van der Waals surface area contributed by atoms with Crippen LogP contribution in [0.1, 0.15) is 51.7 Å². The van der Waals surface area contributed by atoms with Crippen molar-refractivity contribution in [2.45, 2.75) is 58.7 Å². The van der Waals surface area contributed by atoms with Gasteiger partial charge in [0, 0.05) is 25.9 Å². The Morgan fingerprint density at radius 1 is 1.29 bits per heavy atom. The summed E-state index contributed by atoms with van der Waals surface area (Å²) >= 11 is 0. The van der Waals surface area contributed by atoms with Crippen molar-refractivity contribution in [2.75, 3.05) is 13.1 Å². The van der Waals surface area contributed by atoms with E-state index in [1.54, 1.807) is 11.0 Å². The summed E-state index contributed by atoms with van der Waals surface area (Å²) in [4.78, 5) is 13.9. The second kappa shape index (κ2) is 6.72. The van der Waals surface area contributed by atoms with Gasteiger partial charge in [0.2, 0.25) is 0 Å². The lowest BCUT2D eigenvalue weighted by molar-refractivity contribution is -0.00982. The van der Waals surface area contributed by atoms with Gasteiger partial charge in [-0.2, -0.15) is 5.26 Å². The Labute approximate surface area is 144 Å². The third-order valence-electron chi connectivity index (χ3n) is 4.16. The Kier molecular flexibility index (Phi) is 5.08. The second-order valence-electron chi connectivity index (χ2n) is 7.61. The molecule has 1 aliphatic heterocycles. The van der Waals surface area contributed by atoms with E-state index in [9.17, 15) is 4.79 Å².